The second-order valence-corrected chi connectivity index (χ2v) is 7.04. The molecule has 4 rings (SSSR count). The second kappa shape index (κ2) is 7.52. The number of anilines is 1. The number of halogens is 1. The minimum absolute atomic E-state index is 0.00642. The van der Waals surface area contributed by atoms with Crippen molar-refractivity contribution in [3.05, 3.63) is 53.0 Å². The standard InChI is InChI=1S/C20H22FN3O3/c1-12-10-27-20-17(22-12)9-14(8-13-2-4-15(21)5-3-13)18(24-20)19(25)23-16-6-7-26-11-16/h2-5,9,12,16,22H,6-8,10-11H2,1H3,(H,23,25). The summed E-state index contributed by atoms with van der Waals surface area (Å²) in [6.07, 6.45) is 1.26. The number of carbonyl (C=O) groups is 1. The van der Waals surface area contributed by atoms with Crippen molar-refractivity contribution in [2.24, 2.45) is 0 Å². The van der Waals surface area contributed by atoms with E-state index in [1.165, 1.54) is 12.1 Å². The molecular weight excluding hydrogens is 349 g/mol. The number of rotatable bonds is 4. The van der Waals surface area contributed by atoms with Gasteiger partial charge in [0, 0.05) is 6.61 Å². The highest BCUT2D eigenvalue weighted by Crippen LogP contribution is 2.30. The Morgan fingerprint density at radius 1 is 1.33 bits per heavy atom. The Balaban J connectivity index is 1.66. The van der Waals surface area contributed by atoms with E-state index in [0.717, 1.165) is 23.2 Å². The summed E-state index contributed by atoms with van der Waals surface area (Å²) in [4.78, 5) is 17.3. The average Bonchev–Trinajstić information content (AvgIpc) is 3.16. The summed E-state index contributed by atoms with van der Waals surface area (Å²) in [5.74, 6) is -0.0955. The van der Waals surface area contributed by atoms with E-state index in [9.17, 15) is 9.18 Å². The molecule has 0 aliphatic carbocycles. The molecule has 1 saturated heterocycles. The van der Waals surface area contributed by atoms with Crippen LogP contribution in [0.5, 0.6) is 5.88 Å². The summed E-state index contributed by atoms with van der Waals surface area (Å²) in [5, 5.41) is 6.32. The lowest BCUT2D eigenvalue weighted by Gasteiger charge is -2.25. The van der Waals surface area contributed by atoms with E-state index in [1.54, 1.807) is 12.1 Å². The van der Waals surface area contributed by atoms with Crippen LogP contribution in [-0.2, 0) is 11.2 Å². The maximum absolute atomic E-state index is 13.2. The Kier molecular flexibility index (Phi) is 4.94. The van der Waals surface area contributed by atoms with Crippen LogP contribution in [0.2, 0.25) is 0 Å². The minimum Gasteiger partial charge on any atom is -0.474 e. The number of amides is 1. The van der Waals surface area contributed by atoms with E-state index in [1.807, 2.05) is 13.0 Å². The smallest absolute Gasteiger partial charge is 0.270 e. The van der Waals surface area contributed by atoms with Crippen molar-refractivity contribution in [3.8, 4) is 5.88 Å². The molecule has 1 aromatic heterocycles. The first-order valence-corrected chi connectivity index (χ1v) is 9.15. The zero-order valence-corrected chi connectivity index (χ0v) is 15.1. The van der Waals surface area contributed by atoms with E-state index < -0.39 is 0 Å². The first-order chi connectivity index (χ1) is 13.1. The Morgan fingerprint density at radius 3 is 2.89 bits per heavy atom. The van der Waals surface area contributed by atoms with Gasteiger partial charge in [-0.3, -0.25) is 4.79 Å². The molecule has 1 amide bonds. The Labute approximate surface area is 157 Å². The van der Waals surface area contributed by atoms with Gasteiger partial charge in [-0.1, -0.05) is 12.1 Å². The fourth-order valence-electron chi connectivity index (χ4n) is 3.32. The lowest BCUT2D eigenvalue weighted by Crippen LogP contribution is -2.36. The summed E-state index contributed by atoms with van der Waals surface area (Å²) in [6, 6.07) is 8.32. The first kappa shape index (κ1) is 17.7. The average molecular weight is 371 g/mol. The largest absolute Gasteiger partial charge is 0.474 e. The number of fused-ring (bicyclic) bond motifs is 1. The Bertz CT molecular complexity index is 835. The molecule has 2 aromatic rings. The maximum Gasteiger partial charge on any atom is 0.270 e. The monoisotopic (exact) mass is 371 g/mol. The molecule has 2 unspecified atom stereocenters. The maximum atomic E-state index is 13.2. The quantitative estimate of drug-likeness (QED) is 0.864. The highest BCUT2D eigenvalue weighted by Gasteiger charge is 2.25. The number of ether oxygens (including phenoxy) is 2. The molecule has 2 aliphatic rings. The van der Waals surface area contributed by atoms with Crippen LogP contribution in [0.3, 0.4) is 0 Å². The second-order valence-electron chi connectivity index (χ2n) is 7.04. The van der Waals surface area contributed by atoms with E-state index in [-0.39, 0.29) is 23.8 Å². The zero-order valence-electron chi connectivity index (χ0n) is 15.1. The van der Waals surface area contributed by atoms with Gasteiger partial charge >= 0.3 is 0 Å². The number of aromatic nitrogens is 1. The molecule has 3 heterocycles. The van der Waals surface area contributed by atoms with Crippen LogP contribution in [0.15, 0.2) is 30.3 Å². The van der Waals surface area contributed by atoms with Gasteiger partial charge in [0.15, 0.2) is 0 Å². The van der Waals surface area contributed by atoms with Gasteiger partial charge < -0.3 is 20.1 Å². The Morgan fingerprint density at radius 2 is 2.15 bits per heavy atom. The van der Waals surface area contributed by atoms with E-state index in [0.29, 0.717) is 37.8 Å². The molecule has 0 saturated carbocycles. The number of hydrogen-bond donors (Lipinski definition) is 2. The Hall–Kier alpha value is -2.67. The number of pyridine rings is 1. The van der Waals surface area contributed by atoms with Crippen molar-refractivity contribution >= 4 is 11.6 Å². The van der Waals surface area contributed by atoms with Gasteiger partial charge in [-0.15, -0.1) is 0 Å². The van der Waals surface area contributed by atoms with Gasteiger partial charge in [-0.2, -0.15) is 0 Å². The SMILES string of the molecule is CC1COc2nc(C(=O)NC3CCOC3)c(Cc3ccc(F)cc3)cc2N1. The van der Waals surface area contributed by atoms with Gasteiger partial charge in [0.2, 0.25) is 5.88 Å². The highest BCUT2D eigenvalue weighted by atomic mass is 19.1. The van der Waals surface area contributed by atoms with Crippen molar-refractivity contribution in [3.63, 3.8) is 0 Å². The summed E-state index contributed by atoms with van der Waals surface area (Å²) >= 11 is 0. The van der Waals surface area contributed by atoms with Gasteiger partial charge in [0.25, 0.3) is 5.91 Å². The number of nitrogens with one attached hydrogen (secondary N) is 2. The van der Waals surface area contributed by atoms with Crippen LogP contribution in [-0.4, -0.2) is 42.8 Å². The molecule has 2 N–H and O–H groups in total. The summed E-state index contributed by atoms with van der Waals surface area (Å²) in [6.45, 7) is 3.67. The molecule has 0 spiro atoms. The molecule has 6 nitrogen and oxygen atoms in total. The van der Waals surface area contributed by atoms with Crippen LogP contribution >= 0.6 is 0 Å². The zero-order chi connectivity index (χ0) is 18.8. The first-order valence-electron chi connectivity index (χ1n) is 9.15. The van der Waals surface area contributed by atoms with Gasteiger partial charge in [0.05, 0.1) is 24.4 Å². The number of hydrogen-bond acceptors (Lipinski definition) is 5. The normalized spacial score (nSPS) is 21.1. The van der Waals surface area contributed by atoms with Crippen molar-refractivity contribution in [2.75, 3.05) is 25.1 Å². The molecule has 2 aliphatic heterocycles. The third-order valence-corrected chi connectivity index (χ3v) is 4.73. The van der Waals surface area contributed by atoms with Crippen molar-refractivity contribution in [1.29, 1.82) is 0 Å². The van der Waals surface area contributed by atoms with Crippen molar-refractivity contribution < 1.29 is 18.7 Å². The minimum atomic E-state index is -0.287. The van der Waals surface area contributed by atoms with E-state index >= 15 is 0 Å². The molecule has 1 fully saturated rings. The molecule has 1 aromatic carbocycles. The predicted octanol–water partition coefficient (Wildman–Crippen LogP) is 2.52. The van der Waals surface area contributed by atoms with Gasteiger partial charge in [-0.25, -0.2) is 9.37 Å². The lowest BCUT2D eigenvalue weighted by atomic mass is 10.0. The van der Waals surface area contributed by atoms with Crippen LogP contribution in [0.25, 0.3) is 0 Å². The van der Waals surface area contributed by atoms with Gasteiger partial charge in [0.1, 0.15) is 18.1 Å². The summed E-state index contributed by atoms with van der Waals surface area (Å²) < 4.78 is 24.2. The third kappa shape index (κ3) is 4.03. The molecule has 0 radical (unpaired) electrons. The fraction of sp³-hybridized carbons (Fsp3) is 0.400. The van der Waals surface area contributed by atoms with Gasteiger partial charge in [-0.05, 0) is 49.1 Å². The van der Waals surface area contributed by atoms with Crippen LogP contribution in [0.4, 0.5) is 10.1 Å². The predicted molar refractivity (Wildman–Crippen MR) is 98.7 cm³/mol. The molecule has 142 valence electrons. The van der Waals surface area contributed by atoms with Crippen molar-refractivity contribution in [1.82, 2.24) is 10.3 Å². The van der Waals surface area contributed by atoms with Crippen molar-refractivity contribution in [2.45, 2.75) is 31.8 Å². The number of nitrogens with zero attached hydrogens (tertiary/aromatic N) is 1. The summed E-state index contributed by atoms with van der Waals surface area (Å²) in [7, 11) is 0. The molecule has 7 heteroatoms. The van der Waals surface area contributed by atoms with Crippen LogP contribution in [0.1, 0.15) is 35.0 Å². The van der Waals surface area contributed by atoms with Crippen LogP contribution in [0, 0.1) is 5.82 Å². The fourth-order valence-corrected chi connectivity index (χ4v) is 3.32. The molecular formula is C20H22FN3O3. The third-order valence-electron chi connectivity index (χ3n) is 4.73. The number of benzene rings is 1. The summed E-state index contributed by atoms with van der Waals surface area (Å²) in [5.41, 5.74) is 2.77. The lowest BCUT2D eigenvalue weighted by molar-refractivity contribution is 0.0922. The molecule has 0 bridgehead atoms. The van der Waals surface area contributed by atoms with Crippen LogP contribution < -0.4 is 15.4 Å². The molecule has 27 heavy (non-hydrogen) atoms. The number of carbonyl (C=O) groups excluding carboxylic acids is 1. The highest BCUT2D eigenvalue weighted by molar-refractivity contribution is 5.95. The molecule has 2 atom stereocenters. The topological polar surface area (TPSA) is 72.5 Å². The van der Waals surface area contributed by atoms with E-state index in [2.05, 4.69) is 15.6 Å². The van der Waals surface area contributed by atoms with E-state index in [4.69, 9.17) is 9.47 Å².